The third kappa shape index (κ3) is 13.3. The summed E-state index contributed by atoms with van der Waals surface area (Å²) in [6.45, 7) is 7.26. The highest BCUT2D eigenvalue weighted by atomic mass is 35.5. The average Bonchev–Trinajstić information content (AvgIpc) is 2.19. The van der Waals surface area contributed by atoms with Crippen LogP contribution >= 0.6 is 12.4 Å². The molecule has 0 aromatic rings. The Balaban J connectivity index is 0. The predicted octanol–water partition coefficient (Wildman–Crippen LogP) is 0.816. The van der Waals surface area contributed by atoms with E-state index in [2.05, 4.69) is 10.6 Å². The SMILES string of the molecule is CC(C)(C)CC(=O)NCC(=O)NCCCCN.Cl. The van der Waals surface area contributed by atoms with E-state index in [9.17, 15) is 9.59 Å². The molecule has 0 saturated heterocycles. The third-order valence-electron chi connectivity index (χ3n) is 2.09. The number of amides is 2. The van der Waals surface area contributed by atoms with E-state index in [1.54, 1.807) is 0 Å². The molecule has 0 rings (SSSR count). The van der Waals surface area contributed by atoms with Gasteiger partial charge in [0.05, 0.1) is 6.54 Å². The Morgan fingerprint density at radius 2 is 1.67 bits per heavy atom. The zero-order chi connectivity index (χ0) is 13.3. The number of halogens is 1. The van der Waals surface area contributed by atoms with Gasteiger partial charge in [0.1, 0.15) is 0 Å². The molecule has 6 heteroatoms. The fourth-order valence-electron chi connectivity index (χ4n) is 1.28. The first-order chi connectivity index (χ1) is 7.85. The largest absolute Gasteiger partial charge is 0.355 e. The van der Waals surface area contributed by atoms with Gasteiger partial charge in [-0.2, -0.15) is 0 Å². The molecule has 5 nitrogen and oxygen atoms in total. The van der Waals surface area contributed by atoms with E-state index in [-0.39, 0.29) is 36.2 Å². The van der Waals surface area contributed by atoms with Gasteiger partial charge in [0.2, 0.25) is 11.8 Å². The fourth-order valence-corrected chi connectivity index (χ4v) is 1.28. The van der Waals surface area contributed by atoms with Crippen molar-refractivity contribution in [2.75, 3.05) is 19.6 Å². The molecule has 0 aliphatic rings. The molecular formula is C12H26ClN3O2. The summed E-state index contributed by atoms with van der Waals surface area (Å²) in [6.07, 6.45) is 2.20. The second kappa shape index (κ2) is 10.1. The van der Waals surface area contributed by atoms with Crippen LogP contribution in [0.15, 0.2) is 0 Å². The van der Waals surface area contributed by atoms with Crippen LogP contribution in [0.4, 0.5) is 0 Å². The molecule has 18 heavy (non-hydrogen) atoms. The van der Waals surface area contributed by atoms with Crippen molar-refractivity contribution in [3.8, 4) is 0 Å². The molecule has 2 amide bonds. The highest BCUT2D eigenvalue weighted by Crippen LogP contribution is 2.17. The van der Waals surface area contributed by atoms with Gasteiger partial charge in [-0.15, -0.1) is 12.4 Å². The lowest BCUT2D eigenvalue weighted by atomic mass is 9.92. The number of hydrogen-bond acceptors (Lipinski definition) is 3. The van der Waals surface area contributed by atoms with Crippen LogP contribution in [0.25, 0.3) is 0 Å². The fraction of sp³-hybridized carbons (Fsp3) is 0.833. The molecule has 0 radical (unpaired) electrons. The van der Waals surface area contributed by atoms with Crippen molar-refractivity contribution in [1.82, 2.24) is 10.6 Å². The van der Waals surface area contributed by atoms with Crippen LogP contribution in [0.1, 0.15) is 40.0 Å². The maximum atomic E-state index is 11.4. The van der Waals surface area contributed by atoms with Crippen molar-refractivity contribution in [1.29, 1.82) is 0 Å². The van der Waals surface area contributed by atoms with E-state index < -0.39 is 0 Å². The molecule has 0 unspecified atom stereocenters. The Labute approximate surface area is 116 Å². The molecule has 0 spiro atoms. The van der Waals surface area contributed by atoms with Gasteiger partial charge >= 0.3 is 0 Å². The summed E-state index contributed by atoms with van der Waals surface area (Å²) in [6, 6.07) is 0. The standard InChI is InChI=1S/C12H25N3O2.ClH/c1-12(2,3)8-10(16)15-9-11(17)14-7-5-4-6-13;/h4-9,13H2,1-3H3,(H,14,17)(H,15,16);1H. The normalized spacial score (nSPS) is 10.4. The lowest BCUT2D eigenvalue weighted by molar-refractivity contribution is -0.127. The lowest BCUT2D eigenvalue weighted by Gasteiger charge is -2.17. The zero-order valence-corrected chi connectivity index (χ0v) is 12.4. The highest BCUT2D eigenvalue weighted by molar-refractivity contribution is 5.85. The second-order valence-electron chi connectivity index (χ2n) is 5.36. The molecule has 0 heterocycles. The monoisotopic (exact) mass is 279 g/mol. The van der Waals surface area contributed by atoms with Crippen LogP contribution in [0.2, 0.25) is 0 Å². The summed E-state index contributed by atoms with van der Waals surface area (Å²) in [5, 5.41) is 5.33. The Morgan fingerprint density at radius 3 is 2.17 bits per heavy atom. The average molecular weight is 280 g/mol. The lowest BCUT2D eigenvalue weighted by Crippen LogP contribution is -2.38. The van der Waals surface area contributed by atoms with Gasteiger partial charge in [0.25, 0.3) is 0 Å². The molecule has 108 valence electrons. The van der Waals surface area contributed by atoms with Crippen LogP contribution in [0.3, 0.4) is 0 Å². The van der Waals surface area contributed by atoms with Crippen LogP contribution in [-0.4, -0.2) is 31.4 Å². The number of hydrogen-bond donors (Lipinski definition) is 3. The molecule has 0 aliphatic carbocycles. The Bertz CT molecular complexity index is 252. The van der Waals surface area contributed by atoms with Crippen LogP contribution in [0, 0.1) is 5.41 Å². The minimum atomic E-state index is -0.149. The van der Waals surface area contributed by atoms with E-state index in [0.29, 0.717) is 19.5 Å². The first kappa shape index (κ1) is 19.5. The molecule has 0 aliphatic heterocycles. The number of unbranched alkanes of at least 4 members (excludes halogenated alkanes) is 1. The van der Waals surface area contributed by atoms with Crippen LogP contribution in [-0.2, 0) is 9.59 Å². The number of rotatable bonds is 7. The van der Waals surface area contributed by atoms with Gasteiger partial charge in [0, 0.05) is 13.0 Å². The predicted molar refractivity (Wildman–Crippen MR) is 75.6 cm³/mol. The van der Waals surface area contributed by atoms with Crippen molar-refractivity contribution < 1.29 is 9.59 Å². The second-order valence-corrected chi connectivity index (χ2v) is 5.36. The minimum Gasteiger partial charge on any atom is -0.355 e. The summed E-state index contributed by atoms with van der Waals surface area (Å²) < 4.78 is 0. The molecule has 4 N–H and O–H groups in total. The van der Waals surface area contributed by atoms with Crippen LogP contribution < -0.4 is 16.4 Å². The Kier molecular flexibility index (Phi) is 11.0. The number of carbonyl (C=O) groups excluding carboxylic acids is 2. The van der Waals surface area contributed by atoms with Crippen LogP contribution in [0.5, 0.6) is 0 Å². The summed E-state index contributed by atoms with van der Waals surface area (Å²) in [5.74, 6) is -0.237. The van der Waals surface area contributed by atoms with Gasteiger partial charge in [-0.3, -0.25) is 9.59 Å². The summed E-state index contributed by atoms with van der Waals surface area (Å²) >= 11 is 0. The van der Waals surface area contributed by atoms with Crippen molar-refractivity contribution >= 4 is 24.2 Å². The molecule has 0 atom stereocenters. The van der Waals surface area contributed by atoms with Gasteiger partial charge in [-0.25, -0.2) is 0 Å². The third-order valence-corrected chi connectivity index (χ3v) is 2.09. The summed E-state index contributed by atoms with van der Waals surface area (Å²) in [5.41, 5.74) is 5.28. The van der Waals surface area contributed by atoms with Gasteiger partial charge in [-0.05, 0) is 24.8 Å². The number of nitrogens with one attached hydrogen (secondary N) is 2. The van der Waals surface area contributed by atoms with E-state index >= 15 is 0 Å². The maximum absolute atomic E-state index is 11.4. The Morgan fingerprint density at radius 1 is 1.06 bits per heavy atom. The van der Waals surface area contributed by atoms with E-state index in [0.717, 1.165) is 12.8 Å². The first-order valence-corrected chi connectivity index (χ1v) is 6.08. The molecule has 0 aromatic carbocycles. The smallest absolute Gasteiger partial charge is 0.239 e. The quantitative estimate of drug-likeness (QED) is 0.603. The summed E-state index contributed by atoms with van der Waals surface area (Å²) in [7, 11) is 0. The zero-order valence-electron chi connectivity index (χ0n) is 11.5. The van der Waals surface area contributed by atoms with Crippen molar-refractivity contribution in [2.45, 2.75) is 40.0 Å². The molecular weight excluding hydrogens is 254 g/mol. The van der Waals surface area contributed by atoms with E-state index in [1.807, 2.05) is 20.8 Å². The Hall–Kier alpha value is -0.810. The van der Waals surface area contributed by atoms with E-state index in [1.165, 1.54) is 0 Å². The van der Waals surface area contributed by atoms with Crippen molar-refractivity contribution in [3.63, 3.8) is 0 Å². The minimum absolute atomic E-state index is 0. The number of carbonyl (C=O) groups is 2. The van der Waals surface area contributed by atoms with E-state index in [4.69, 9.17) is 5.73 Å². The molecule has 0 aromatic heterocycles. The molecule has 0 bridgehead atoms. The van der Waals surface area contributed by atoms with Crippen molar-refractivity contribution in [3.05, 3.63) is 0 Å². The number of nitrogens with two attached hydrogens (primary N) is 1. The van der Waals surface area contributed by atoms with Gasteiger partial charge in [-0.1, -0.05) is 20.8 Å². The van der Waals surface area contributed by atoms with Gasteiger partial charge < -0.3 is 16.4 Å². The van der Waals surface area contributed by atoms with Gasteiger partial charge in [0.15, 0.2) is 0 Å². The topological polar surface area (TPSA) is 84.2 Å². The molecule has 0 saturated carbocycles. The first-order valence-electron chi connectivity index (χ1n) is 6.08. The summed E-state index contributed by atoms with van der Waals surface area (Å²) in [4.78, 5) is 22.8. The maximum Gasteiger partial charge on any atom is 0.239 e. The van der Waals surface area contributed by atoms with Crippen molar-refractivity contribution in [2.24, 2.45) is 11.1 Å². The highest BCUT2D eigenvalue weighted by Gasteiger charge is 2.16. The molecule has 0 fully saturated rings.